The largest absolute Gasteiger partial charge is 0.352 e. The van der Waals surface area contributed by atoms with E-state index in [1.165, 1.54) is 12.1 Å². The van der Waals surface area contributed by atoms with Gasteiger partial charge in [-0.3, -0.25) is 4.79 Å². The monoisotopic (exact) mass is 294 g/mol. The van der Waals surface area contributed by atoms with Crippen molar-refractivity contribution >= 4 is 28.4 Å². The Morgan fingerprint density at radius 1 is 1.40 bits per heavy atom. The molecule has 0 bridgehead atoms. The number of carbonyl (C=O) groups is 1. The van der Waals surface area contributed by atoms with Crippen molar-refractivity contribution in [3.63, 3.8) is 0 Å². The van der Waals surface area contributed by atoms with E-state index in [-0.39, 0.29) is 16.9 Å². The summed E-state index contributed by atoms with van der Waals surface area (Å²) in [4.78, 5) is 16.1. The zero-order chi connectivity index (χ0) is 14.7. The predicted molar refractivity (Wildman–Crippen MR) is 78.5 cm³/mol. The van der Waals surface area contributed by atoms with Crippen LogP contribution >= 0.6 is 11.6 Å². The van der Waals surface area contributed by atoms with Gasteiger partial charge in [0.05, 0.1) is 11.1 Å². The summed E-state index contributed by atoms with van der Waals surface area (Å²) in [6.07, 6.45) is 0.898. The molecule has 0 aliphatic heterocycles. The average molecular weight is 295 g/mol. The van der Waals surface area contributed by atoms with Crippen LogP contribution in [0.15, 0.2) is 24.3 Å². The highest BCUT2D eigenvalue weighted by Gasteiger charge is 2.13. The van der Waals surface area contributed by atoms with Gasteiger partial charge in [-0.05, 0) is 30.5 Å². The van der Waals surface area contributed by atoms with Crippen LogP contribution in [0.4, 0.5) is 4.39 Å². The minimum Gasteiger partial charge on any atom is -0.352 e. The number of amides is 1. The number of halogens is 2. The molecule has 5 heteroatoms. The van der Waals surface area contributed by atoms with Crippen molar-refractivity contribution in [2.75, 3.05) is 6.54 Å². The van der Waals surface area contributed by atoms with E-state index in [1.807, 2.05) is 0 Å². The van der Waals surface area contributed by atoms with Gasteiger partial charge in [0.15, 0.2) is 0 Å². The summed E-state index contributed by atoms with van der Waals surface area (Å²) in [7, 11) is 0. The minimum absolute atomic E-state index is 0.0881. The molecule has 0 saturated heterocycles. The van der Waals surface area contributed by atoms with Crippen LogP contribution in [0, 0.1) is 11.7 Å². The molecule has 1 aromatic heterocycles. The molecule has 1 heterocycles. The third-order valence-corrected chi connectivity index (χ3v) is 3.27. The molecular formula is C15H16ClFN2O. The van der Waals surface area contributed by atoms with E-state index in [0.29, 0.717) is 28.9 Å². The molecule has 0 unspecified atom stereocenters. The van der Waals surface area contributed by atoms with Crippen molar-refractivity contribution in [2.45, 2.75) is 20.3 Å². The van der Waals surface area contributed by atoms with E-state index in [2.05, 4.69) is 24.1 Å². The van der Waals surface area contributed by atoms with Gasteiger partial charge in [0.1, 0.15) is 11.0 Å². The Bertz CT molecular complexity index is 643. The maximum atomic E-state index is 13.1. The Morgan fingerprint density at radius 3 is 2.85 bits per heavy atom. The molecule has 20 heavy (non-hydrogen) atoms. The Morgan fingerprint density at radius 2 is 2.15 bits per heavy atom. The Kier molecular flexibility index (Phi) is 4.55. The van der Waals surface area contributed by atoms with Crippen LogP contribution in [-0.4, -0.2) is 17.4 Å². The van der Waals surface area contributed by atoms with Crippen LogP contribution in [-0.2, 0) is 0 Å². The predicted octanol–water partition coefficient (Wildman–Crippen LogP) is 3.80. The second-order valence-corrected chi connectivity index (χ2v) is 5.46. The lowest BCUT2D eigenvalue weighted by molar-refractivity contribution is 0.0952. The molecule has 0 atom stereocenters. The van der Waals surface area contributed by atoms with E-state index >= 15 is 0 Å². The lowest BCUT2D eigenvalue weighted by Gasteiger charge is -2.09. The number of aromatic nitrogens is 1. The van der Waals surface area contributed by atoms with Crippen LogP contribution in [0.5, 0.6) is 0 Å². The van der Waals surface area contributed by atoms with Crippen LogP contribution in [0.3, 0.4) is 0 Å². The molecule has 106 valence electrons. The molecule has 1 amide bonds. The number of pyridine rings is 1. The summed E-state index contributed by atoms with van der Waals surface area (Å²) >= 11 is 6.00. The number of fused-ring (bicyclic) bond motifs is 1. The number of rotatable bonds is 4. The maximum Gasteiger partial charge on any atom is 0.254 e. The highest BCUT2D eigenvalue weighted by atomic mass is 35.5. The van der Waals surface area contributed by atoms with Crippen molar-refractivity contribution in [2.24, 2.45) is 5.92 Å². The third kappa shape index (κ3) is 3.45. The summed E-state index contributed by atoms with van der Waals surface area (Å²) in [5.41, 5.74) is 0.753. The van der Waals surface area contributed by atoms with E-state index in [9.17, 15) is 9.18 Å². The van der Waals surface area contributed by atoms with Crippen LogP contribution in [0.1, 0.15) is 30.6 Å². The molecule has 0 aliphatic carbocycles. The average Bonchev–Trinajstić information content (AvgIpc) is 2.37. The molecule has 0 spiro atoms. The molecular weight excluding hydrogens is 279 g/mol. The van der Waals surface area contributed by atoms with E-state index in [1.54, 1.807) is 12.1 Å². The van der Waals surface area contributed by atoms with Crippen molar-refractivity contribution in [1.82, 2.24) is 10.3 Å². The number of carbonyl (C=O) groups excluding carboxylic acids is 1. The van der Waals surface area contributed by atoms with Gasteiger partial charge in [0, 0.05) is 18.0 Å². The fourth-order valence-electron chi connectivity index (χ4n) is 1.85. The van der Waals surface area contributed by atoms with Gasteiger partial charge in [-0.2, -0.15) is 0 Å². The third-order valence-electron chi connectivity index (χ3n) is 2.99. The van der Waals surface area contributed by atoms with Gasteiger partial charge in [-0.15, -0.1) is 0 Å². The lowest BCUT2D eigenvalue weighted by Crippen LogP contribution is -2.25. The molecule has 0 radical (unpaired) electrons. The first-order chi connectivity index (χ1) is 9.47. The van der Waals surface area contributed by atoms with Crippen molar-refractivity contribution in [3.05, 3.63) is 40.8 Å². The normalized spacial score (nSPS) is 11.1. The number of benzene rings is 1. The van der Waals surface area contributed by atoms with Gasteiger partial charge in [-0.25, -0.2) is 9.37 Å². The molecule has 0 fully saturated rings. The first-order valence-electron chi connectivity index (χ1n) is 6.51. The zero-order valence-corrected chi connectivity index (χ0v) is 12.2. The first-order valence-corrected chi connectivity index (χ1v) is 6.89. The molecule has 1 aromatic carbocycles. The lowest BCUT2D eigenvalue weighted by atomic mass is 10.1. The van der Waals surface area contributed by atoms with Crippen LogP contribution < -0.4 is 5.32 Å². The van der Waals surface area contributed by atoms with E-state index in [4.69, 9.17) is 11.6 Å². The van der Waals surface area contributed by atoms with E-state index < -0.39 is 0 Å². The number of nitrogens with one attached hydrogen (secondary N) is 1. The van der Waals surface area contributed by atoms with Crippen molar-refractivity contribution in [1.29, 1.82) is 0 Å². The second kappa shape index (κ2) is 6.18. The Balaban J connectivity index is 2.23. The molecule has 0 saturated carbocycles. The fraction of sp³-hybridized carbons (Fsp3) is 0.333. The SMILES string of the molecule is CC(C)CCNC(=O)c1cc2ccc(F)cc2nc1Cl. The Hall–Kier alpha value is -1.68. The Labute approximate surface area is 122 Å². The highest BCUT2D eigenvalue weighted by molar-refractivity contribution is 6.33. The number of nitrogens with zero attached hydrogens (tertiary/aromatic N) is 1. The second-order valence-electron chi connectivity index (χ2n) is 5.10. The van der Waals surface area contributed by atoms with E-state index in [0.717, 1.165) is 6.42 Å². The topological polar surface area (TPSA) is 42.0 Å². The van der Waals surface area contributed by atoms with Gasteiger partial charge < -0.3 is 5.32 Å². The standard InChI is InChI=1S/C15H16ClFN2O/c1-9(2)5-6-18-15(20)12-7-10-3-4-11(17)8-13(10)19-14(12)16/h3-4,7-9H,5-6H2,1-2H3,(H,18,20). The zero-order valence-electron chi connectivity index (χ0n) is 11.4. The smallest absolute Gasteiger partial charge is 0.254 e. The molecule has 0 aliphatic rings. The number of hydrogen-bond acceptors (Lipinski definition) is 2. The highest BCUT2D eigenvalue weighted by Crippen LogP contribution is 2.21. The maximum absolute atomic E-state index is 13.1. The summed E-state index contributed by atoms with van der Waals surface area (Å²) < 4.78 is 13.1. The quantitative estimate of drug-likeness (QED) is 0.871. The molecule has 3 nitrogen and oxygen atoms in total. The molecule has 1 N–H and O–H groups in total. The van der Waals surface area contributed by atoms with Crippen molar-refractivity contribution in [3.8, 4) is 0 Å². The minimum atomic E-state index is -0.379. The number of hydrogen-bond donors (Lipinski definition) is 1. The fourth-order valence-corrected chi connectivity index (χ4v) is 2.08. The van der Waals surface area contributed by atoms with Crippen LogP contribution in [0.2, 0.25) is 5.15 Å². The van der Waals surface area contributed by atoms with Crippen LogP contribution in [0.25, 0.3) is 10.9 Å². The van der Waals surface area contributed by atoms with Gasteiger partial charge in [0.25, 0.3) is 5.91 Å². The summed E-state index contributed by atoms with van der Waals surface area (Å²) in [6, 6.07) is 5.84. The van der Waals surface area contributed by atoms with Gasteiger partial charge >= 0.3 is 0 Å². The van der Waals surface area contributed by atoms with Gasteiger partial charge in [-0.1, -0.05) is 25.4 Å². The summed E-state index contributed by atoms with van der Waals surface area (Å²) in [5, 5.41) is 3.58. The molecule has 2 rings (SSSR count). The summed E-state index contributed by atoms with van der Waals surface area (Å²) in [6.45, 7) is 4.77. The van der Waals surface area contributed by atoms with Crippen molar-refractivity contribution < 1.29 is 9.18 Å². The van der Waals surface area contributed by atoms with Gasteiger partial charge in [0.2, 0.25) is 0 Å². The molecule has 2 aromatic rings. The summed E-state index contributed by atoms with van der Waals surface area (Å²) in [5.74, 6) is -0.118. The first kappa shape index (κ1) is 14.7.